The molecule has 4 rings (SSSR count). The van der Waals surface area contributed by atoms with Crippen LogP contribution in [0.5, 0.6) is 0 Å². The zero-order valence-corrected chi connectivity index (χ0v) is 12.0. The Morgan fingerprint density at radius 3 is 2.95 bits per heavy atom. The minimum Gasteiger partial charge on any atom is -0.338 e. The van der Waals surface area contributed by atoms with Gasteiger partial charge < -0.3 is 9.84 Å². The first kappa shape index (κ1) is 13.6. The van der Waals surface area contributed by atoms with Gasteiger partial charge in [0.25, 0.3) is 0 Å². The van der Waals surface area contributed by atoms with Crippen LogP contribution in [0.2, 0.25) is 0 Å². The van der Waals surface area contributed by atoms with Crippen LogP contribution in [0, 0.1) is 5.92 Å². The second kappa shape index (κ2) is 5.19. The normalized spacial score (nSPS) is 28.1. The van der Waals surface area contributed by atoms with Crippen molar-refractivity contribution >= 4 is 12.4 Å². The lowest BCUT2D eigenvalue weighted by Crippen LogP contribution is -2.31. The summed E-state index contributed by atoms with van der Waals surface area (Å²) in [6.07, 6.45) is 3.71. The molecule has 0 amide bonds. The number of fused-ring (bicyclic) bond motifs is 1. The Labute approximate surface area is 124 Å². The lowest BCUT2D eigenvalue weighted by Gasteiger charge is -2.22. The lowest BCUT2D eigenvalue weighted by molar-refractivity contribution is 0.265. The third-order valence-electron chi connectivity index (χ3n) is 4.67. The number of nitrogens with one attached hydrogen (secondary N) is 1. The number of benzene rings is 1. The van der Waals surface area contributed by atoms with Crippen molar-refractivity contribution in [1.82, 2.24) is 15.5 Å². The smallest absolute Gasteiger partial charge is 0.234 e. The molecule has 1 N–H and O–H groups in total. The first-order chi connectivity index (χ1) is 9.38. The van der Waals surface area contributed by atoms with E-state index >= 15 is 0 Å². The molecule has 2 aliphatic rings. The van der Waals surface area contributed by atoms with Crippen molar-refractivity contribution in [2.45, 2.75) is 24.7 Å². The largest absolute Gasteiger partial charge is 0.338 e. The van der Waals surface area contributed by atoms with E-state index in [9.17, 15) is 0 Å². The topological polar surface area (TPSA) is 51.0 Å². The molecule has 1 aliphatic carbocycles. The Bertz CT molecular complexity index is 574. The van der Waals surface area contributed by atoms with Gasteiger partial charge in [0.2, 0.25) is 11.7 Å². The molecule has 1 aromatic carbocycles. The zero-order chi connectivity index (χ0) is 12.7. The van der Waals surface area contributed by atoms with Crippen molar-refractivity contribution in [3.8, 4) is 11.4 Å². The summed E-state index contributed by atoms with van der Waals surface area (Å²) in [5.41, 5.74) is 1.12. The summed E-state index contributed by atoms with van der Waals surface area (Å²) in [5.74, 6) is 2.21. The standard InChI is InChI=1S/C15H17N3O.ClH/c1-2-5-11(6-3-1)13-17-14(19-18-13)15-8-4-7-12(15)9-16-10-15;/h1-3,5-6,12,16H,4,7-10H2;1H/t12-,15+;/m1./s1. The first-order valence-corrected chi connectivity index (χ1v) is 6.99. The molecule has 0 bridgehead atoms. The van der Waals surface area contributed by atoms with E-state index in [4.69, 9.17) is 4.52 Å². The number of rotatable bonds is 2. The summed E-state index contributed by atoms with van der Waals surface area (Å²) >= 11 is 0. The fourth-order valence-corrected chi connectivity index (χ4v) is 3.63. The monoisotopic (exact) mass is 291 g/mol. The number of hydrogen-bond donors (Lipinski definition) is 1. The Kier molecular flexibility index (Phi) is 3.52. The van der Waals surface area contributed by atoms with E-state index < -0.39 is 0 Å². The summed E-state index contributed by atoms with van der Waals surface area (Å²) in [7, 11) is 0. The van der Waals surface area contributed by atoms with Gasteiger partial charge in [-0.25, -0.2) is 0 Å². The van der Waals surface area contributed by atoms with E-state index in [1.807, 2.05) is 30.3 Å². The van der Waals surface area contributed by atoms with Gasteiger partial charge in [0, 0.05) is 12.1 Å². The third kappa shape index (κ3) is 1.95. The Hall–Kier alpha value is -1.39. The number of hydrogen-bond acceptors (Lipinski definition) is 4. The van der Waals surface area contributed by atoms with E-state index in [1.165, 1.54) is 19.3 Å². The number of nitrogens with zero attached hydrogens (tertiary/aromatic N) is 2. The van der Waals surface area contributed by atoms with Gasteiger partial charge in [-0.1, -0.05) is 41.9 Å². The fourth-order valence-electron chi connectivity index (χ4n) is 3.63. The van der Waals surface area contributed by atoms with Gasteiger partial charge in [-0.05, 0) is 25.3 Å². The highest BCUT2D eigenvalue weighted by Crippen LogP contribution is 2.47. The molecule has 1 aromatic heterocycles. The van der Waals surface area contributed by atoms with E-state index in [2.05, 4.69) is 15.5 Å². The summed E-state index contributed by atoms with van der Waals surface area (Å²) in [6, 6.07) is 10.0. The van der Waals surface area contributed by atoms with Crippen molar-refractivity contribution in [3.05, 3.63) is 36.2 Å². The predicted molar refractivity (Wildman–Crippen MR) is 78.9 cm³/mol. The predicted octanol–water partition coefficient (Wildman–Crippen LogP) is 2.80. The van der Waals surface area contributed by atoms with Crippen LogP contribution in [0.15, 0.2) is 34.9 Å². The van der Waals surface area contributed by atoms with E-state index in [-0.39, 0.29) is 17.8 Å². The first-order valence-electron chi connectivity index (χ1n) is 6.99. The lowest BCUT2D eigenvalue weighted by atomic mass is 9.80. The highest BCUT2D eigenvalue weighted by atomic mass is 35.5. The summed E-state index contributed by atoms with van der Waals surface area (Å²) in [6.45, 7) is 2.07. The SMILES string of the molecule is Cl.c1ccc(-c2noc([C@]34CCC[C@@H]3CNC4)n2)cc1. The van der Waals surface area contributed by atoms with Gasteiger partial charge in [0.15, 0.2) is 0 Å². The van der Waals surface area contributed by atoms with Crippen LogP contribution >= 0.6 is 12.4 Å². The van der Waals surface area contributed by atoms with Crippen molar-refractivity contribution in [2.75, 3.05) is 13.1 Å². The Morgan fingerprint density at radius 1 is 1.25 bits per heavy atom. The molecule has 106 valence electrons. The number of aromatic nitrogens is 2. The molecule has 1 aliphatic heterocycles. The van der Waals surface area contributed by atoms with Gasteiger partial charge in [0.1, 0.15) is 0 Å². The maximum absolute atomic E-state index is 5.61. The Balaban J connectivity index is 0.00000121. The van der Waals surface area contributed by atoms with E-state index in [0.29, 0.717) is 11.7 Å². The van der Waals surface area contributed by atoms with E-state index in [1.54, 1.807) is 0 Å². The molecule has 1 saturated carbocycles. The molecule has 2 atom stereocenters. The minimum absolute atomic E-state index is 0. The molecule has 1 saturated heterocycles. The third-order valence-corrected chi connectivity index (χ3v) is 4.67. The maximum Gasteiger partial charge on any atom is 0.234 e. The molecule has 5 heteroatoms. The molecular formula is C15H18ClN3O. The van der Waals surface area contributed by atoms with Gasteiger partial charge >= 0.3 is 0 Å². The van der Waals surface area contributed by atoms with Crippen molar-refractivity contribution in [1.29, 1.82) is 0 Å². The van der Waals surface area contributed by atoms with Crippen LogP contribution in [0.1, 0.15) is 25.2 Å². The number of halogens is 1. The average Bonchev–Trinajstić information content (AvgIpc) is 3.14. The highest BCUT2D eigenvalue weighted by molar-refractivity contribution is 5.85. The zero-order valence-electron chi connectivity index (χ0n) is 11.2. The second-order valence-electron chi connectivity index (χ2n) is 5.67. The molecule has 20 heavy (non-hydrogen) atoms. The molecule has 2 heterocycles. The van der Waals surface area contributed by atoms with Gasteiger partial charge in [-0.3, -0.25) is 0 Å². The van der Waals surface area contributed by atoms with Crippen LogP contribution < -0.4 is 5.32 Å². The van der Waals surface area contributed by atoms with Crippen LogP contribution in [0.3, 0.4) is 0 Å². The van der Waals surface area contributed by atoms with Gasteiger partial charge in [-0.2, -0.15) is 4.98 Å². The Morgan fingerprint density at radius 2 is 2.10 bits per heavy atom. The second-order valence-corrected chi connectivity index (χ2v) is 5.67. The summed E-state index contributed by atoms with van der Waals surface area (Å²) in [5, 5.41) is 7.66. The average molecular weight is 292 g/mol. The van der Waals surface area contributed by atoms with Gasteiger partial charge in [-0.15, -0.1) is 12.4 Å². The van der Waals surface area contributed by atoms with Crippen molar-refractivity contribution < 1.29 is 4.52 Å². The maximum atomic E-state index is 5.61. The summed E-state index contributed by atoms with van der Waals surface area (Å²) in [4.78, 5) is 4.68. The molecule has 4 nitrogen and oxygen atoms in total. The van der Waals surface area contributed by atoms with Crippen LogP contribution in [0.25, 0.3) is 11.4 Å². The van der Waals surface area contributed by atoms with Crippen LogP contribution in [0.4, 0.5) is 0 Å². The van der Waals surface area contributed by atoms with Gasteiger partial charge in [0.05, 0.1) is 5.41 Å². The molecular weight excluding hydrogens is 274 g/mol. The van der Waals surface area contributed by atoms with Crippen molar-refractivity contribution in [3.63, 3.8) is 0 Å². The summed E-state index contributed by atoms with van der Waals surface area (Å²) < 4.78 is 5.61. The van der Waals surface area contributed by atoms with Crippen LogP contribution in [-0.4, -0.2) is 23.2 Å². The highest BCUT2D eigenvalue weighted by Gasteiger charge is 2.51. The molecule has 2 fully saturated rings. The fraction of sp³-hybridized carbons (Fsp3) is 0.467. The molecule has 2 aromatic rings. The molecule has 0 spiro atoms. The quantitative estimate of drug-likeness (QED) is 0.924. The molecule has 0 unspecified atom stereocenters. The molecule has 0 radical (unpaired) electrons. The minimum atomic E-state index is 0. The van der Waals surface area contributed by atoms with E-state index in [0.717, 1.165) is 24.5 Å². The van der Waals surface area contributed by atoms with Crippen LogP contribution in [-0.2, 0) is 5.41 Å². The van der Waals surface area contributed by atoms with Crippen molar-refractivity contribution in [2.24, 2.45) is 5.92 Å².